The van der Waals surface area contributed by atoms with Gasteiger partial charge in [0.2, 0.25) is 5.91 Å². The minimum absolute atomic E-state index is 0.0190. The van der Waals surface area contributed by atoms with Gasteiger partial charge in [0.1, 0.15) is 19.3 Å². The normalized spacial score (nSPS) is 13.7. The van der Waals surface area contributed by atoms with E-state index in [4.69, 9.17) is 13.8 Å². The van der Waals surface area contributed by atoms with E-state index in [1.807, 2.05) is 33.3 Å². The number of hydrogen-bond donors (Lipinski definition) is 1. The molecule has 0 aliphatic carbocycles. The van der Waals surface area contributed by atoms with Gasteiger partial charge in [0, 0.05) is 12.8 Å². The molecule has 0 rings (SSSR count). The van der Waals surface area contributed by atoms with Crippen LogP contribution in [0.2, 0.25) is 0 Å². The lowest BCUT2D eigenvalue weighted by Crippen LogP contribution is -2.47. The van der Waals surface area contributed by atoms with Crippen molar-refractivity contribution in [3.8, 4) is 0 Å². The fourth-order valence-electron chi connectivity index (χ4n) is 10.4. The minimum Gasteiger partial charge on any atom is -0.756 e. The van der Waals surface area contributed by atoms with Gasteiger partial charge in [0.05, 0.1) is 33.8 Å². The summed E-state index contributed by atoms with van der Waals surface area (Å²) in [6.45, 7) is 6.87. The van der Waals surface area contributed by atoms with Gasteiger partial charge in [-0.05, 0) is 63.9 Å². The van der Waals surface area contributed by atoms with Gasteiger partial charge in [0.15, 0.2) is 0 Å². The van der Waals surface area contributed by atoms with Gasteiger partial charge >= 0.3 is 5.97 Å². The Labute approximate surface area is 497 Å². The van der Waals surface area contributed by atoms with Crippen LogP contribution in [0.25, 0.3) is 0 Å². The monoisotopic (exact) mass is 1150 g/mol. The molecule has 0 radical (unpaired) electrons. The molecule has 0 saturated heterocycles. The fourth-order valence-corrected chi connectivity index (χ4v) is 11.2. The number of amides is 1. The molecule has 80 heavy (non-hydrogen) atoms. The molecule has 9 nitrogen and oxygen atoms in total. The van der Waals surface area contributed by atoms with Crippen molar-refractivity contribution < 1.29 is 37.3 Å². The number of unbranched alkanes of at least 4 members (excludes halogenated alkanes) is 44. The van der Waals surface area contributed by atoms with Gasteiger partial charge < -0.3 is 28.5 Å². The Bertz CT molecular complexity index is 1460. The Hall–Kier alpha value is -1.77. The number of phosphoric ester groups is 1. The Kier molecular flexibility index (Phi) is 59.0. The maximum absolute atomic E-state index is 13.6. The molecule has 472 valence electrons. The Morgan fingerprint density at radius 3 is 1.15 bits per heavy atom. The van der Waals surface area contributed by atoms with Gasteiger partial charge in [-0.25, -0.2) is 0 Å². The van der Waals surface area contributed by atoms with Gasteiger partial charge in [-0.3, -0.25) is 14.2 Å². The van der Waals surface area contributed by atoms with E-state index in [9.17, 15) is 19.0 Å². The maximum Gasteiger partial charge on any atom is 0.306 e. The molecule has 0 heterocycles. The largest absolute Gasteiger partial charge is 0.756 e. The van der Waals surface area contributed by atoms with Crippen LogP contribution in [-0.4, -0.2) is 69.4 Å². The summed E-state index contributed by atoms with van der Waals surface area (Å²) in [5, 5.41) is 3.05. The first-order chi connectivity index (χ1) is 38.9. The van der Waals surface area contributed by atoms with Crippen LogP contribution in [0.4, 0.5) is 0 Å². The number of allylic oxidation sites excluding steroid dienone is 5. The van der Waals surface area contributed by atoms with Crippen molar-refractivity contribution in [2.24, 2.45) is 0 Å². The summed E-state index contributed by atoms with van der Waals surface area (Å²) in [5.41, 5.74) is 0. The second kappa shape index (κ2) is 60.4. The van der Waals surface area contributed by atoms with Crippen LogP contribution >= 0.6 is 7.82 Å². The number of quaternary nitrogens is 1. The first kappa shape index (κ1) is 78.2. The lowest BCUT2D eigenvalue weighted by atomic mass is 10.0. The molecule has 0 saturated carbocycles. The summed E-state index contributed by atoms with van der Waals surface area (Å²) in [5.74, 6) is -0.521. The van der Waals surface area contributed by atoms with Crippen molar-refractivity contribution in [3.63, 3.8) is 0 Å². The number of ether oxygens (including phenoxy) is 1. The molecule has 0 aromatic heterocycles. The van der Waals surface area contributed by atoms with Gasteiger partial charge in [-0.2, -0.15) is 0 Å². The molecule has 1 amide bonds. The minimum atomic E-state index is -4.70. The quantitative estimate of drug-likeness (QED) is 0.0212. The third kappa shape index (κ3) is 60.8. The lowest BCUT2D eigenvalue weighted by molar-refractivity contribution is -0.870. The van der Waals surface area contributed by atoms with Crippen LogP contribution < -0.4 is 10.2 Å². The molecule has 0 aromatic rings. The van der Waals surface area contributed by atoms with E-state index < -0.39 is 20.0 Å². The van der Waals surface area contributed by atoms with E-state index in [1.54, 1.807) is 0 Å². The second-order valence-corrected chi connectivity index (χ2v) is 26.5. The average Bonchev–Trinajstić information content (AvgIpc) is 3.42. The number of carbonyl (C=O) groups excluding carboxylic acids is 2. The third-order valence-electron chi connectivity index (χ3n) is 15.8. The zero-order chi connectivity index (χ0) is 58.6. The number of likely N-dealkylation sites (N-methyl/N-ethyl adjacent to an activating group) is 1. The summed E-state index contributed by atoms with van der Waals surface area (Å²) >= 11 is 0. The van der Waals surface area contributed by atoms with Crippen molar-refractivity contribution in [2.45, 2.75) is 360 Å². The molecule has 1 N–H and O–H groups in total. The molecule has 3 unspecified atom stereocenters. The molecule has 0 aliphatic heterocycles. The molecule has 0 fully saturated rings. The SMILES string of the molecule is CCCCC/C=C\C/C=C\CCCCCCCCCCCCCCCCCC(=O)NC(COP(=O)([O-])OCC[N+](C)(C)C)C(/C=C\CCCCCCCCCCCC)OC(=O)CCCCCCCCCCCCCCCCCCC. The van der Waals surface area contributed by atoms with Crippen LogP contribution in [0.15, 0.2) is 36.5 Å². The number of esters is 1. The first-order valence-electron chi connectivity index (χ1n) is 34.8. The average molecular weight is 1150 g/mol. The summed E-state index contributed by atoms with van der Waals surface area (Å²) in [6.07, 6.45) is 74.0. The van der Waals surface area contributed by atoms with E-state index in [2.05, 4.69) is 50.4 Å². The van der Waals surface area contributed by atoms with Gasteiger partial charge in [-0.15, -0.1) is 0 Å². The first-order valence-corrected chi connectivity index (χ1v) is 36.3. The molecular formula is C70H135N2O7P. The van der Waals surface area contributed by atoms with Crippen LogP contribution in [0.5, 0.6) is 0 Å². The van der Waals surface area contributed by atoms with E-state index in [-0.39, 0.29) is 31.5 Å². The Balaban J connectivity index is 5.03. The molecule has 0 aliphatic rings. The van der Waals surface area contributed by atoms with E-state index in [1.165, 1.54) is 250 Å². The molecule has 0 aromatic carbocycles. The number of nitrogens with zero attached hydrogens (tertiary/aromatic N) is 1. The summed E-state index contributed by atoms with van der Waals surface area (Å²) < 4.78 is 30.4. The molecule has 3 atom stereocenters. The number of phosphoric acid groups is 1. The Morgan fingerprint density at radius 2 is 0.762 bits per heavy atom. The summed E-state index contributed by atoms with van der Waals surface area (Å²) in [4.78, 5) is 40.1. The van der Waals surface area contributed by atoms with Crippen molar-refractivity contribution in [1.29, 1.82) is 0 Å². The molecule has 0 bridgehead atoms. The van der Waals surface area contributed by atoms with Crippen LogP contribution in [0.1, 0.15) is 348 Å². The zero-order valence-corrected chi connectivity index (χ0v) is 54.9. The molecule has 0 spiro atoms. The van der Waals surface area contributed by atoms with Crippen molar-refractivity contribution in [3.05, 3.63) is 36.5 Å². The van der Waals surface area contributed by atoms with Crippen LogP contribution in [0.3, 0.4) is 0 Å². The zero-order valence-electron chi connectivity index (χ0n) is 54.1. The van der Waals surface area contributed by atoms with E-state index in [0.717, 1.165) is 64.2 Å². The fraction of sp³-hybridized carbons (Fsp3) is 0.886. The highest BCUT2D eigenvalue weighted by molar-refractivity contribution is 7.45. The molecule has 10 heteroatoms. The van der Waals surface area contributed by atoms with E-state index in [0.29, 0.717) is 17.4 Å². The van der Waals surface area contributed by atoms with Crippen molar-refractivity contribution >= 4 is 19.7 Å². The summed E-state index contributed by atoms with van der Waals surface area (Å²) in [7, 11) is 1.20. The second-order valence-electron chi connectivity index (χ2n) is 25.0. The standard InChI is InChI=1S/C70H135N2O7P/c1-7-10-13-16-19-22-25-28-30-32-33-34-35-36-37-38-39-41-42-44-47-50-53-56-59-62-69(73)71-67(66-78-80(75,76)77-65-64-72(4,5)6)68(61-58-55-52-49-46-27-24-21-18-15-12-9-3)79-70(74)63-60-57-54-51-48-45-43-40-31-29-26-23-20-17-14-11-8-2/h19,22,28,30,58,61,67-68H,7-18,20-21,23-27,29,31-57,59-60,62-66H2,1-6H3,(H-,71,73,75,76)/b22-19-,30-28-,61-58-. The smallest absolute Gasteiger partial charge is 0.306 e. The predicted octanol–water partition coefficient (Wildman–Crippen LogP) is 21.2. The maximum atomic E-state index is 13.6. The third-order valence-corrected chi connectivity index (χ3v) is 16.8. The van der Waals surface area contributed by atoms with Crippen LogP contribution in [-0.2, 0) is 27.9 Å². The topological polar surface area (TPSA) is 114 Å². The van der Waals surface area contributed by atoms with Gasteiger partial charge in [0.25, 0.3) is 7.82 Å². The lowest BCUT2D eigenvalue weighted by Gasteiger charge is -2.30. The molecular weight excluding hydrogens is 1010 g/mol. The Morgan fingerprint density at radius 1 is 0.438 bits per heavy atom. The van der Waals surface area contributed by atoms with Gasteiger partial charge in [-0.1, -0.05) is 308 Å². The number of nitrogens with one attached hydrogen (secondary N) is 1. The van der Waals surface area contributed by atoms with Crippen LogP contribution in [0, 0.1) is 0 Å². The number of rotatable bonds is 64. The van der Waals surface area contributed by atoms with Crippen molar-refractivity contribution in [2.75, 3.05) is 40.9 Å². The highest BCUT2D eigenvalue weighted by atomic mass is 31.2. The van der Waals surface area contributed by atoms with E-state index >= 15 is 0 Å². The number of carbonyl (C=O) groups is 2. The summed E-state index contributed by atoms with van der Waals surface area (Å²) in [6, 6.07) is -0.884. The highest BCUT2D eigenvalue weighted by Crippen LogP contribution is 2.38. The number of hydrogen-bond acceptors (Lipinski definition) is 7. The highest BCUT2D eigenvalue weighted by Gasteiger charge is 2.27. The van der Waals surface area contributed by atoms with Crippen molar-refractivity contribution in [1.82, 2.24) is 5.32 Å². The predicted molar refractivity (Wildman–Crippen MR) is 344 cm³/mol.